The number of amides is 1. The standard InChI is InChI=1S/C23H25N3O3/c1-17-8-7-11-19(14-17)23(27)26-13-6-5-12-20(26)22-24-21(29-25-22)16-28-15-18-9-3-2-4-10-18/h2-4,7-11,14,20H,5-6,12-13,15-16H2,1H3. The summed E-state index contributed by atoms with van der Waals surface area (Å²) in [5.74, 6) is 1.01. The third kappa shape index (κ3) is 4.71. The average Bonchev–Trinajstić information content (AvgIpc) is 3.23. The van der Waals surface area contributed by atoms with Gasteiger partial charge in [0, 0.05) is 12.1 Å². The van der Waals surface area contributed by atoms with Gasteiger partial charge in [0.1, 0.15) is 6.61 Å². The average molecular weight is 391 g/mol. The van der Waals surface area contributed by atoms with Gasteiger partial charge >= 0.3 is 0 Å². The smallest absolute Gasteiger partial charge is 0.254 e. The van der Waals surface area contributed by atoms with Crippen LogP contribution in [0, 0.1) is 6.92 Å². The van der Waals surface area contributed by atoms with E-state index in [-0.39, 0.29) is 18.6 Å². The van der Waals surface area contributed by atoms with Crippen molar-refractivity contribution >= 4 is 5.91 Å². The molecule has 1 fully saturated rings. The number of aryl methyl sites for hydroxylation is 1. The highest BCUT2D eigenvalue weighted by Gasteiger charge is 2.32. The summed E-state index contributed by atoms with van der Waals surface area (Å²) in [6.07, 6.45) is 2.86. The van der Waals surface area contributed by atoms with Crippen LogP contribution in [-0.2, 0) is 18.0 Å². The number of carbonyl (C=O) groups is 1. The predicted octanol–water partition coefficient (Wildman–Crippen LogP) is 4.46. The maximum atomic E-state index is 13.1. The molecule has 0 spiro atoms. The molecule has 4 rings (SSSR count). The highest BCUT2D eigenvalue weighted by atomic mass is 16.5. The van der Waals surface area contributed by atoms with Crippen LogP contribution in [0.25, 0.3) is 0 Å². The Labute approximate surface area is 170 Å². The Morgan fingerprint density at radius 1 is 1.14 bits per heavy atom. The van der Waals surface area contributed by atoms with Gasteiger partial charge in [-0.05, 0) is 43.9 Å². The Hall–Kier alpha value is -2.99. The first kappa shape index (κ1) is 19.3. The molecule has 6 heteroatoms. The molecule has 1 saturated heterocycles. The number of benzene rings is 2. The second kappa shape index (κ2) is 9.01. The van der Waals surface area contributed by atoms with Crippen LogP contribution >= 0.6 is 0 Å². The molecule has 0 saturated carbocycles. The van der Waals surface area contributed by atoms with Crippen molar-refractivity contribution in [3.05, 3.63) is 83.0 Å². The number of carbonyl (C=O) groups excluding carboxylic acids is 1. The van der Waals surface area contributed by atoms with Gasteiger partial charge in [0.2, 0.25) is 0 Å². The van der Waals surface area contributed by atoms with Crippen LogP contribution < -0.4 is 0 Å². The number of nitrogens with zero attached hydrogens (tertiary/aromatic N) is 3. The van der Waals surface area contributed by atoms with E-state index in [0.717, 1.165) is 30.4 Å². The molecule has 1 atom stereocenters. The Morgan fingerprint density at radius 3 is 2.83 bits per heavy atom. The Kier molecular flexibility index (Phi) is 6.00. The minimum absolute atomic E-state index is 0.0186. The zero-order chi connectivity index (χ0) is 20.1. The van der Waals surface area contributed by atoms with Crippen molar-refractivity contribution in [2.24, 2.45) is 0 Å². The van der Waals surface area contributed by atoms with Crippen LogP contribution in [0.2, 0.25) is 0 Å². The summed E-state index contributed by atoms with van der Waals surface area (Å²) in [7, 11) is 0. The molecular formula is C23H25N3O3. The van der Waals surface area contributed by atoms with Crippen molar-refractivity contribution in [1.29, 1.82) is 0 Å². The van der Waals surface area contributed by atoms with E-state index in [1.807, 2.05) is 66.4 Å². The molecule has 2 aromatic carbocycles. The van der Waals surface area contributed by atoms with Gasteiger partial charge in [0.25, 0.3) is 11.8 Å². The summed E-state index contributed by atoms with van der Waals surface area (Å²) < 4.78 is 11.1. The molecule has 1 aliphatic heterocycles. The minimum Gasteiger partial charge on any atom is -0.367 e. The number of piperidine rings is 1. The molecule has 0 N–H and O–H groups in total. The Balaban J connectivity index is 1.43. The largest absolute Gasteiger partial charge is 0.367 e. The lowest BCUT2D eigenvalue weighted by atomic mass is 10.00. The van der Waals surface area contributed by atoms with Crippen LogP contribution in [0.5, 0.6) is 0 Å². The molecule has 1 aromatic heterocycles. The van der Waals surface area contributed by atoms with Crippen molar-refractivity contribution < 1.29 is 14.1 Å². The predicted molar refractivity (Wildman–Crippen MR) is 108 cm³/mol. The number of aromatic nitrogens is 2. The molecule has 6 nitrogen and oxygen atoms in total. The SMILES string of the molecule is Cc1cccc(C(=O)N2CCCCC2c2noc(COCc3ccccc3)n2)c1. The summed E-state index contributed by atoms with van der Waals surface area (Å²) in [4.78, 5) is 19.5. The molecule has 29 heavy (non-hydrogen) atoms. The Morgan fingerprint density at radius 2 is 2.00 bits per heavy atom. The van der Waals surface area contributed by atoms with Crippen LogP contribution in [0.1, 0.15) is 58.5 Å². The maximum Gasteiger partial charge on any atom is 0.254 e. The van der Waals surface area contributed by atoms with Crippen molar-refractivity contribution in [2.75, 3.05) is 6.54 Å². The molecule has 3 aromatic rings. The summed E-state index contributed by atoms with van der Waals surface area (Å²) in [6.45, 7) is 3.43. The van der Waals surface area contributed by atoms with E-state index in [2.05, 4.69) is 10.1 Å². The zero-order valence-electron chi connectivity index (χ0n) is 16.6. The lowest BCUT2D eigenvalue weighted by Gasteiger charge is -2.33. The summed E-state index contributed by atoms with van der Waals surface area (Å²) >= 11 is 0. The van der Waals surface area contributed by atoms with E-state index < -0.39 is 0 Å². The summed E-state index contributed by atoms with van der Waals surface area (Å²) in [5, 5.41) is 4.15. The first-order valence-corrected chi connectivity index (χ1v) is 10.0. The molecular weight excluding hydrogens is 366 g/mol. The van der Waals surface area contributed by atoms with Gasteiger partial charge in [-0.25, -0.2) is 0 Å². The lowest BCUT2D eigenvalue weighted by molar-refractivity contribution is 0.0596. The van der Waals surface area contributed by atoms with Gasteiger partial charge in [-0.15, -0.1) is 0 Å². The van der Waals surface area contributed by atoms with Gasteiger partial charge in [-0.2, -0.15) is 4.98 Å². The van der Waals surface area contributed by atoms with Gasteiger partial charge in [-0.1, -0.05) is 53.2 Å². The summed E-state index contributed by atoms with van der Waals surface area (Å²) in [6, 6.07) is 17.5. The van der Waals surface area contributed by atoms with Crippen LogP contribution in [0.15, 0.2) is 59.1 Å². The molecule has 1 unspecified atom stereocenters. The van der Waals surface area contributed by atoms with Gasteiger partial charge in [0.15, 0.2) is 5.82 Å². The second-order valence-corrected chi connectivity index (χ2v) is 7.40. The van der Waals surface area contributed by atoms with Crippen LogP contribution in [-0.4, -0.2) is 27.5 Å². The third-order valence-electron chi connectivity index (χ3n) is 5.15. The maximum absolute atomic E-state index is 13.1. The number of likely N-dealkylation sites (tertiary alicyclic amines) is 1. The van der Waals surface area contributed by atoms with Gasteiger partial charge < -0.3 is 14.2 Å². The van der Waals surface area contributed by atoms with Crippen molar-refractivity contribution in [1.82, 2.24) is 15.0 Å². The first-order valence-electron chi connectivity index (χ1n) is 10.0. The number of ether oxygens (including phenoxy) is 1. The fourth-order valence-electron chi connectivity index (χ4n) is 3.68. The molecule has 0 bridgehead atoms. The van der Waals surface area contributed by atoms with Gasteiger partial charge in [-0.3, -0.25) is 4.79 Å². The van der Waals surface area contributed by atoms with E-state index in [1.54, 1.807) is 0 Å². The minimum atomic E-state index is -0.164. The van der Waals surface area contributed by atoms with E-state index in [9.17, 15) is 4.79 Å². The molecule has 1 aliphatic rings. The van der Waals surface area contributed by atoms with Crippen molar-refractivity contribution in [2.45, 2.75) is 45.4 Å². The molecule has 1 amide bonds. The third-order valence-corrected chi connectivity index (χ3v) is 5.15. The molecule has 150 valence electrons. The highest BCUT2D eigenvalue weighted by Crippen LogP contribution is 2.30. The van der Waals surface area contributed by atoms with E-state index in [0.29, 0.717) is 30.4 Å². The first-order chi connectivity index (χ1) is 14.2. The quantitative estimate of drug-likeness (QED) is 0.620. The number of hydrogen-bond acceptors (Lipinski definition) is 5. The van der Waals surface area contributed by atoms with Crippen molar-refractivity contribution in [3.63, 3.8) is 0 Å². The number of rotatable bonds is 6. The fourth-order valence-corrected chi connectivity index (χ4v) is 3.68. The normalized spacial score (nSPS) is 16.7. The van der Waals surface area contributed by atoms with Crippen LogP contribution in [0.4, 0.5) is 0 Å². The van der Waals surface area contributed by atoms with Crippen LogP contribution in [0.3, 0.4) is 0 Å². The van der Waals surface area contributed by atoms with E-state index in [4.69, 9.17) is 9.26 Å². The molecule has 0 aliphatic carbocycles. The molecule has 0 radical (unpaired) electrons. The topological polar surface area (TPSA) is 68.5 Å². The van der Waals surface area contributed by atoms with Gasteiger partial charge in [0.05, 0.1) is 12.6 Å². The fraction of sp³-hybridized carbons (Fsp3) is 0.348. The Bertz CT molecular complexity index is 955. The molecule has 2 heterocycles. The number of hydrogen-bond donors (Lipinski definition) is 0. The summed E-state index contributed by atoms with van der Waals surface area (Å²) in [5.41, 5.74) is 2.86. The lowest BCUT2D eigenvalue weighted by Crippen LogP contribution is -2.39. The van der Waals surface area contributed by atoms with E-state index in [1.165, 1.54) is 0 Å². The van der Waals surface area contributed by atoms with E-state index >= 15 is 0 Å². The highest BCUT2D eigenvalue weighted by molar-refractivity contribution is 5.94. The van der Waals surface area contributed by atoms with Crippen molar-refractivity contribution in [3.8, 4) is 0 Å². The zero-order valence-corrected chi connectivity index (χ0v) is 16.6. The monoisotopic (exact) mass is 391 g/mol. The second-order valence-electron chi connectivity index (χ2n) is 7.40.